The molecule has 1 aliphatic heterocycles. The molecule has 0 aromatic heterocycles. The molecule has 7 nitrogen and oxygen atoms in total. The predicted octanol–water partition coefficient (Wildman–Crippen LogP) is 1.53. The summed E-state index contributed by atoms with van der Waals surface area (Å²) in [5.41, 5.74) is 0. The number of guanidine groups is 1. The number of halogens is 1. The Morgan fingerprint density at radius 3 is 2.38 bits per heavy atom. The Kier molecular flexibility index (Phi) is 16.2. The number of hydrogen-bond acceptors (Lipinski definition) is 4. The highest BCUT2D eigenvalue weighted by atomic mass is 127. The number of piperazine rings is 1. The maximum absolute atomic E-state index is 11.3. The van der Waals surface area contributed by atoms with E-state index in [2.05, 4.69) is 34.4 Å². The topological polar surface area (TPSA) is 69.2 Å². The Hall–Kier alpha value is -0.610. The van der Waals surface area contributed by atoms with Crippen molar-refractivity contribution in [3.8, 4) is 0 Å². The molecule has 0 spiro atoms. The molecule has 2 N–H and O–H groups in total. The molecule has 8 heteroatoms. The van der Waals surface area contributed by atoms with E-state index >= 15 is 0 Å². The van der Waals surface area contributed by atoms with Crippen LogP contribution < -0.4 is 10.6 Å². The van der Waals surface area contributed by atoms with E-state index in [1.807, 2.05) is 4.90 Å². The monoisotopic (exact) mass is 483 g/mol. The predicted molar refractivity (Wildman–Crippen MR) is 118 cm³/mol. The van der Waals surface area contributed by atoms with E-state index in [0.29, 0.717) is 0 Å². The number of rotatable bonds is 11. The minimum atomic E-state index is 0. The SMILES string of the molecule is CCCCOCCCN=C(NCC)NCCN1CCN(C(C)=O)CC1.I. The van der Waals surface area contributed by atoms with Gasteiger partial charge in [-0.15, -0.1) is 24.0 Å². The van der Waals surface area contributed by atoms with Crippen LogP contribution in [0.1, 0.15) is 40.0 Å². The fraction of sp³-hybridized carbons (Fsp3) is 0.889. The molecule has 0 aromatic carbocycles. The van der Waals surface area contributed by atoms with Gasteiger partial charge in [-0.2, -0.15) is 0 Å². The van der Waals surface area contributed by atoms with Gasteiger partial charge >= 0.3 is 0 Å². The van der Waals surface area contributed by atoms with Crippen molar-refractivity contribution in [1.29, 1.82) is 0 Å². The number of nitrogens with one attached hydrogen (secondary N) is 2. The standard InChI is InChI=1S/C18H37N5O2.HI/c1-4-6-15-25-16-7-8-20-18(19-5-2)21-9-10-22-11-13-23(14-12-22)17(3)24;/h4-16H2,1-3H3,(H2,19,20,21);1H. The summed E-state index contributed by atoms with van der Waals surface area (Å²) in [5, 5.41) is 6.67. The van der Waals surface area contributed by atoms with Gasteiger partial charge in [-0.3, -0.25) is 14.7 Å². The maximum Gasteiger partial charge on any atom is 0.219 e. The fourth-order valence-electron chi connectivity index (χ4n) is 2.67. The Labute approximate surface area is 176 Å². The molecule has 0 aliphatic carbocycles. The van der Waals surface area contributed by atoms with E-state index < -0.39 is 0 Å². The third-order valence-corrected chi connectivity index (χ3v) is 4.24. The lowest BCUT2D eigenvalue weighted by Crippen LogP contribution is -2.50. The largest absolute Gasteiger partial charge is 0.381 e. The van der Waals surface area contributed by atoms with Crippen LogP contribution in [-0.4, -0.2) is 87.2 Å². The van der Waals surface area contributed by atoms with E-state index in [4.69, 9.17) is 4.74 Å². The molecule has 26 heavy (non-hydrogen) atoms. The van der Waals surface area contributed by atoms with Crippen molar-refractivity contribution < 1.29 is 9.53 Å². The first kappa shape index (κ1) is 25.4. The van der Waals surface area contributed by atoms with Gasteiger partial charge in [0.2, 0.25) is 5.91 Å². The second-order valence-corrected chi connectivity index (χ2v) is 6.35. The Balaban J connectivity index is 0.00000625. The highest BCUT2D eigenvalue weighted by Gasteiger charge is 2.17. The first-order chi connectivity index (χ1) is 12.2. The van der Waals surface area contributed by atoms with Crippen LogP contribution in [0.3, 0.4) is 0 Å². The van der Waals surface area contributed by atoms with Crippen molar-refractivity contribution in [2.45, 2.75) is 40.0 Å². The molecular formula is C18H38IN5O2. The van der Waals surface area contributed by atoms with E-state index in [-0.39, 0.29) is 29.9 Å². The summed E-state index contributed by atoms with van der Waals surface area (Å²) in [5.74, 6) is 1.05. The summed E-state index contributed by atoms with van der Waals surface area (Å²) in [4.78, 5) is 20.2. The molecule has 154 valence electrons. The van der Waals surface area contributed by atoms with Crippen molar-refractivity contribution in [1.82, 2.24) is 20.4 Å². The van der Waals surface area contributed by atoms with Crippen LogP contribution in [0, 0.1) is 0 Å². The van der Waals surface area contributed by atoms with Crippen molar-refractivity contribution in [2.75, 3.05) is 65.6 Å². The number of carbonyl (C=O) groups is 1. The molecule has 0 atom stereocenters. The second-order valence-electron chi connectivity index (χ2n) is 6.35. The number of ether oxygens (including phenoxy) is 1. The Morgan fingerprint density at radius 1 is 1.08 bits per heavy atom. The smallest absolute Gasteiger partial charge is 0.219 e. The van der Waals surface area contributed by atoms with Gasteiger partial charge < -0.3 is 20.3 Å². The van der Waals surface area contributed by atoms with Gasteiger partial charge in [-0.25, -0.2) is 0 Å². The summed E-state index contributed by atoms with van der Waals surface area (Å²) in [6.07, 6.45) is 3.26. The lowest BCUT2D eigenvalue weighted by Gasteiger charge is -2.34. The van der Waals surface area contributed by atoms with Gasteiger partial charge in [0.15, 0.2) is 5.96 Å². The van der Waals surface area contributed by atoms with Crippen LogP contribution in [0.4, 0.5) is 0 Å². The molecule has 0 radical (unpaired) electrons. The average Bonchev–Trinajstić information content (AvgIpc) is 2.61. The number of nitrogens with zero attached hydrogens (tertiary/aromatic N) is 3. The normalized spacial score (nSPS) is 15.5. The van der Waals surface area contributed by atoms with Crippen LogP contribution in [-0.2, 0) is 9.53 Å². The van der Waals surface area contributed by atoms with Crippen LogP contribution >= 0.6 is 24.0 Å². The van der Waals surface area contributed by atoms with Crippen molar-refractivity contribution >= 4 is 35.8 Å². The number of aliphatic imine (C=N–C) groups is 1. The zero-order valence-electron chi connectivity index (χ0n) is 16.8. The first-order valence-electron chi connectivity index (χ1n) is 9.75. The van der Waals surface area contributed by atoms with Gasteiger partial charge in [0, 0.05) is 72.5 Å². The molecule has 0 aromatic rings. The first-order valence-corrected chi connectivity index (χ1v) is 9.75. The molecule has 0 bridgehead atoms. The second kappa shape index (κ2) is 16.6. The van der Waals surface area contributed by atoms with Gasteiger partial charge in [-0.1, -0.05) is 13.3 Å². The van der Waals surface area contributed by atoms with Crippen LogP contribution in [0.25, 0.3) is 0 Å². The number of amides is 1. The average molecular weight is 483 g/mol. The van der Waals surface area contributed by atoms with Crippen LogP contribution in [0.2, 0.25) is 0 Å². The molecule has 1 fully saturated rings. The number of hydrogen-bond donors (Lipinski definition) is 2. The molecule has 0 unspecified atom stereocenters. The summed E-state index contributed by atoms with van der Waals surface area (Å²) in [7, 11) is 0. The molecule has 1 heterocycles. The summed E-state index contributed by atoms with van der Waals surface area (Å²) in [6, 6.07) is 0. The number of unbranched alkanes of at least 4 members (excludes halogenated alkanes) is 1. The van der Waals surface area contributed by atoms with Crippen LogP contribution in [0.5, 0.6) is 0 Å². The minimum absolute atomic E-state index is 0. The van der Waals surface area contributed by atoms with Crippen molar-refractivity contribution in [3.05, 3.63) is 0 Å². The number of carbonyl (C=O) groups excluding carboxylic acids is 1. The van der Waals surface area contributed by atoms with Gasteiger partial charge in [0.1, 0.15) is 0 Å². The van der Waals surface area contributed by atoms with Crippen LogP contribution in [0.15, 0.2) is 4.99 Å². The highest BCUT2D eigenvalue weighted by molar-refractivity contribution is 14.0. The Morgan fingerprint density at radius 2 is 1.77 bits per heavy atom. The zero-order chi connectivity index (χ0) is 18.3. The zero-order valence-corrected chi connectivity index (χ0v) is 19.1. The summed E-state index contributed by atoms with van der Waals surface area (Å²) >= 11 is 0. The lowest BCUT2D eigenvalue weighted by molar-refractivity contribution is -0.130. The molecule has 1 aliphatic rings. The molecule has 1 amide bonds. The molecular weight excluding hydrogens is 445 g/mol. The molecule has 1 saturated heterocycles. The van der Waals surface area contributed by atoms with E-state index in [9.17, 15) is 4.79 Å². The maximum atomic E-state index is 11.3. The highest BCUT2D eigenvalue weighted by Crippen LogP contribution is 2.00. The third kappa shape index (κ3) is 11.9. The molecule has 1 rings (SSSR count). The van der Waals surface area contributed by atoms with E-state index in [1.54, 1.807) is 6.92 Å². The Bertz CT molecular complexity index is 388. The van der Waals surface area contributed by atoms with E-state index in [0.717, 1.165) is 84.4 Å². The third-order valence-electron chi connectivity index (χ3n) is 4.24. The summed E-state index contributed by atoms with van der Waals surface area (Å²) < 4.78 is 5.56. The van der Waals surface area contributed by atoms with Crippen molar-refractivity contribution in [2.24, 2.45) is 4.99 Å². The quantitative estimate of drug-likeness (QED) is 0.202. The van der Waals surface area contributed by atoms with Crippen molar-refractivity contribution in [3.63, 3.8) is 0 Å². The minimum Gasteiger partial charge on any atom is -0.381 e. The molecule has 0 saturated carbocycles. The van der Waals surface area contributed by atoms with Gasteiger partial charge in [-0.05, 0) is 19.8 Å². The fourth-order valence-corrected chi connectivity index (χ4v) is 2.67. The lowest BCUT2D eigenvalue weighted by atomic mass is 10.3. The van der Waals surface area contributed by atoms with Gasteiger partial charge in [0.05, 0.1) is 0 Å². The van der Waals surface area contributed by atoms with E-state index in [1.165, 1.54) is 6.42 Å². The van der Waals surface area contributed by atoms with Gasteiger partial charge in [0.25, 0.3) is 0 Å². The summed E-state index contributed by atoms with van der Waals surface area (Å²) in [6.45, 7) is 14.6.